The summed E-state index contributed by atoms with van der Waals surface area (Å²) in [6.45, 7) is 3.34. The Bertz CT molecular complexity index is 1350. The number of fused-ring (bicyclic) bond motifs is 2. The fourth-order valence-corrected chi connectivity index (χ4v) is 7.09. The minimum absolute atomic E-state index is 0.0880. The second-order valence-corrected chi connectivity index (χ2v) is 11.2. The maximum atomic E-state index is 12.7. The van der Waals surface area contributed by atoms with E-state index in [1.807, 2.05) is 6.07 Å². The molecule has 3 aromatic heterocycles. The lowest BCUT2D eigenvalue weighted by atomic mass is 9.85. The van der Waals surface area contributed by atoms with Gasteiger partial charge in [0.15, 0.2) is 0 Å². The van der Waals surface area contributed by atoms with Crippen molar-refractivity contribution >= 4 is 27.5 Å². The van der Waals surface area contributed by atoms with Crippen LogP contribution in [0.1, 0.15) is 76.5 Å². The van der Waals surface area contributed by atoms with Crippen LogP contribution in [0, 0.1) is 0 Å². The number of hydrogen-bond donors (Lipinski definition) is 1. The summed E-state index contributed by atoms with van der Waals surface area (Å²) in [5.74, 6) is -0.256. The van der Waals surface area contributed by atoms with Crippen molar-refractivity contribution in [1.82, 2.24) is 9.88 Å². The fourth-order valence-electron chi connectivity index (χ4n) is 6.00. The van der Waals surface area contributed by atoms with E-state index in [0.717, 1.165) is 65.8 Å². The first-order chi connectivity index (χ1) is 17.7. The predicted octanol–water partition coefficient (Wildman–Crippen LogP) is 6.54. The average molecular weight is 500 g/mol. The largest absolute Gasteiger partial charge is 0.472 e. The fraction of sp³-hybridized carbons (Fsp3) is 0.400. The molecular weight excluding hydrogens is 466 g/mol. The van der Waals surface area contributed by atoms with Gasteiger partial charge in [-0.1, -0.05) is 30.7 Å². The molecule has 36 heavy (non-hydrogen) atoms. The lowest BCUT2D eigenvalue weighted by molar-refractivity contribution is 0.100. The molecule has 2 aliphatic rings. The van der Waals surface area contributed by atoms with Crippen molar-refractivity contribution < 1.29 is 9.21 Å². The molecule has 4 aromatic rings. The highest BCUT2D eigenvalue weighted by molar-refractivity contribution is 7.20. The summed E-state index contributed by atoms with van der Waals surface area (Å²) >= 11 is 1.48. The quantitative estimate of drug-likeness (QED) is 0.313. The first kappa shape index (κ1) is 23.4. The number of primary amides is 1. The molecule has 1 aliphatic carbocycles. The minimum Gasteiger partial charge on any atom is -0.472 e. The zero-order valence-electron chi connectivity index (χ0n) is 20.7. The molecule has 0 bridgehead atoms. The van der Waals surface area contributed by atoms with Crippen LogP contribution in [0.4, 0.5) is 0 Å². The molecule has 1 unspecified atom stereocenters. The summed E-state index contributed by atoms with van der Waals surface area (Å²) < 4.78 is 5.28. The SMILES string of the molecule is NC(=O)c1sc2nc3c(cc2c1C(CCN1CCCCC1)c1ccc(-c2ccoc2)cc1)CCCC3. The van der Waals surface area contributed by atoms with E-state index in [2.05, 4.69) is 35.2 Å². The van der Waals surface area contributed by atoms with Crippen LogP contribution < -0.4 is 5.73 Å². The predicted molar refractivity (Wildman–Crippen MR) is 146 cm³/mol. The van der Waals surface area contributed by atoms with E-state index >= 15 is 0 Å². The monoisotopic (exact) mass is 499 g/mol. The molecule has 6 rings (SSSR count). The number of carbonyl (C=O) groups is 1. The Labute approximate surface area is 216 Å². The average Bonchev–Trinajstić information content (AvgIpc) is 3.57. The van der Waals surface area contributed by atoms with Gasteiger partial charge in [-0.05, 0) is 99.0 Å². The molecule has 1 fully saturated rings. The van der Waals surface area contributed by atoms with Gasteiger partial charge >= 0.3 is 0 Å². The van der Waals surface area contributed by atoms with Gasteiger partial charge in [-0.3, -0.25) is 4.79 Å². The van der Waals surface area contributed by atoms with Gasteiger partial charge in [0.05, 0.1) is 17.4 Å². The molecule has 0 spiro atoms. The number of carbonyl (C=O) groups excluding carboxylic acids is 1. The van der Waals surface area contributed by atoms with Crippen LogP contribution in [0.5, 0.6) is 0 Å². The number of aromatic nitrogens is 1. The van der Waals surface area contributed by atoms with Crippen LogP contribution in [-0.2, 0) is 12.8 Å². The number of aryl methyl sites for hydroxylation is 2. The third kappa shape index (κ3) is 4.60. The highest BCUT2D eigenvalue weighted by Gasteiger charge is 2.28. The number of pyridine rings is 1. The van der Waals surface area contributed by atoms with Gasteiger partial charge < -0.3 is 15.1 Å². The van der Waals surface area contributed by atoms with Crippen molar-refractivity contribution in [2.75, 3.05) is 19.6 Å². The number of nitrogens with two attached hydrogens (primary N) is 1. The summed E-state index contributed by atoms with van der Waals surface area (Å²) in [5, 5.41) is 1.12. The summed E-state index contributed by atoms with van der Waals surface area (Å²) in [6.07, 6.45) is 12.8. The molecule has 6 heteroatoms. The molecule has 1 atom stereocenters. The molecule has 186 valence electrons. The summed E-state index contributed by atoms with van der Waals surface area (Å²) in [5.41, 5.74) is 13.0. The van der Waals surface area contributed by atoms with Crippen LogP contribution >= 0.6 is 11.3 Å². The van der Waals surface area contributed by atoms with Gasteiger partial charge in [0.25, 0.3) is 5.91 Å². The van der Waals surface area contributed by atoms with Crippen LogP contribution in [0.25, 0.3) is 21.3 Å². The van der Waals surface area contributed by atoms with Crippen molar-refractivity contribution in [1.29, 1.82) is 0 Å². The van der Waals surface area contributed by atoms with Crippen LogP contribution in [0.15, 0.2) is 53.3 Å². The Morgan fingerprint density at radius 1 is 1.03 bits per heavy atom. The number of thiophene rings is 1. The van der Waals surface area contributed by atoms with Gasteiger partial charge in [0.2, 0.25) is 0 Å². The van der Waals surface area contributed by atoms with Crippen LogP contribution in [0.3, 0.4) is 0 Å². The van der Waals surface area contributed by atoms with E-state index in [-0.39, 0.29) is 11.8 Å². The summed E-state index contributed by atoms with van der Waals surface area (Å²) in [4.78, 5) is 22.0. The minimum atomic E-state index is -0.344. The summed E-state index contributed by atoms with van der Waals surface area (Å²) in [7, 11) is 0. The second-order valence-electron chi connectivity index (χ2n) is 10.2. The molecule has 0 saturated carbocycles. The molecular formula is C30H33N3O2S. The molecule has 1 amide bonds. The van der Waals surface area contributed by atoms with E-state index in [1.165, 1.54) is 60.3 Å². The van der Waals surface area contributed by atoms with Crippen LogP contribution in [-0.4, -0.2) is 35.4 Å². The van der Waals surface area contributed by atoms with Gasteiger partial charge in [-0.2, -0.15) is 0 Å². The van der Waals surface area contributed by atoms with Crippen LogP contribution in [0.2, 0.25) is 0 Å². The Morgan fingerprint density at radius 2 is 1.83 bits per heavy atom. The third-order valence-corrected chi connectivity index (χ3v) is 9.05. The van der Waals surface area contributed by atoms with E-state index in [9.17, 15) is 4.79 Å². The lowest BCUT2D eigenvalue weighted by Gasteiger charge is -2.29. The number of furan rings is 1. The third-order valence-electron chi connectivity index (χ3n) is 7.92. The molecule has 2 N–H and O–H groups in total. The molecule has 4 heterocycles. The molecule has 5 nitrogen and oxygen atoms in total. The van der Waals surface area contributed by atoms with Crippen molar-refractivity contribution in [2.45, 2.75) is 57.3 Å². The lowest BCUT2D eigenvalue weighted by Crippen LogP contribution is -2.31. The zero-order valence-corrected chi connectivity index (χ0v) is 21.5. The van der Waals surface area contributed by atoms with Gasteiger partial charge in [-0.15, -0.1) is 11.3 Å². The van der Waals surface area contributed by atoms with Crippen molar-refractivity contribution in [2.24, 2.45) is 5.73 Å². The number of rotatable bonds is 7. The van der Waals surface area contributed by atoms with Gasteiger partial charge in [0.1, 0.15) is 4.83 Å². The smallest absolute Gasteiger partial charge is 0.259 e. The Morgan fingerprint density at radius 3 is 2.58 bits per heavy atom. The maximum Gasteiger partial charge on any atom is 0.259 e. The summed E-state index contributed by atoms with van der Waals surface area (Å²) in [6, 6.07) is 13.0. The Kier molecular flexibility index (Phi) is 6.63. The van der Waals surface area contributed by atoms with Crippen molar-refractivity contribution in [3.8, 4) is 11.1 Å². The van der Waals surface area contributed by atoms with Crippen molar-refractivity contribution in [3.05, 3.63) is 76.2 Å². The Hall–Kier alpha value is -2.96. The zero-order chi connectivity index (χ0) is 24.5. The van der Waals surface area contributed by atoms with E-state index < -0.39 is 0 Å². The number of piperidine rings is 1. The van der Waals surface area contributed by atoms with Gasteiger partial charge in [0, 0.05) is 22.6 Å². The number of amides is 1. The highest BCUT2D eigenvalue weighted by atomic mass is 32.1. The van der Waals surface area contributed by atoms with E-state index in [1.54, 1.807) is 12.5 Å². The standard InChI is InChI=1S/C30H33N3O2S/c31-29(34)28-27(25-18-22-6-2-3-7-26(22)32-30(25)36-28)24(12-16-33-14-4-1-5-15-33)21-10-8-20(9-11-21)23-13-17-35-19-23/h8-11,13,17-19,24H,1-7,12,14-16H2,(H2,31,34). The van der Waals surface area contributed by atoms with Crippen molar-refractivity contribution in [3.63, 3.8) is 0 Å². The molecule has 1 saturated heterocycles. The second kappa shape index (κ2) is 10.2. The van der Waals surface area contributed by atoms with Gasteiger partial charge in [-0.25, -0.2) is 4.98 Å². The van der Waals surface area contributed by atoms with E-state index in [4.69, 9.17) is 15.1 Å². The first-order valence-electron chi connectivity index (χ1n) is 13.3. The number of hydrogen-bond acceptors (Lipinski definition) is 5. The molecule has 1 aliphatic heterocycles. The first-order valence-corrected chi connectivity index (χ1v) is 14.1. The topological polar surface area (TPSA) is 72.4 Å². The maximum absolute atomic E-state index is 12.7. The molecule has 1 aromatic carbocycles. The normalized spacial score (nSPS) is 17.2. The van der Waals surface area contributed by atoms with E-state index in [0.29, 0.717) is 4.88 Å². The number of nitrogens with zero attached hydrogens (tertiary/aromatic N) is 2. The number of benzene rings is 1. The molecule has 0 radical (unpaired) electrons. The Balaban J connectivity index is 1.44. The number of likely N-dealkylation sites (tertiary alicyclic amines) is 1. The highest BCUT2D eigenvalue weighted by Crippen LogP contribution is 2.42.